The van der Waals surface area contributed by atoms with Gasteiger partial charge in [-0.3, -0.25) is 4.98 Å². The van der Waals surface area contributed by atoms with Gasteiger partial charge in [-0.2, -0.15) is 0 Å². The molecular formula is C17H22N2. The zero-order valence-corrected chi connectivity index (χ0v) is 11.3. The van der Waals surface area contributed by atoms with Crippen LogP contribution < -0.4 is 5.73 Å². The van der Waals surface area contributed by atoms with Crippen LogP contribution in [0, 0.1) is 0 Å². The molecule has 1 atom stereocenters. The molecule has 0 aliphatic carbocycles. The van der Waals surface area contributed by atoms with E-state index in [2.05, 4.69) is 41.4 Å². The van der Waals surface area contributed by atoms with Gasteiger partial charge in [0.05, 0.1) is 0 Å². The van der Waals surface area contributed by atoms with Crippen LogP contribution in [0.15, 0.2) is 54.9 Å². The number of rotatable bonds is 7. The summed E-state index contributed by atoms with van der Waals surface area (Å²) in [6, 6.07) is 14.7. The number of benzene rings is 1. The molecule has 2 N–H and O–H groups in total. The summed E-state index contributed by atoms with van der Waals surface area (Å²) in [5, 5.41) is 0. The van der Waals surface area contributed by atoms with Gasteiger partial charge in [0.1, 0.15) is 0 Å². The van der Waals surface area contributed by atoms with Crippen LogP contribution in [0.1, 0.15) is 36.3 Å². The van der Waals surface area contributed by atoms with Crippen molar-refractivity contribution in [3.63, 3.8) is 0 Å². The Hall–Kier alpha value is -1.67. The summed E-state index contributed by atoms with van der Waals surface area (Å²) < 4.78 is 0. The molecule has 19 heavy (non-hydrogen) atoms. The SMILES string of the molecule is NCC(CCCCc1cccnc1)c1ccccc1. The van der Waals surface area contributed by atoms with Crippen molar-refractivity contribution in [3.05, 3.63) is 66.0 Å². The number of aromatic nitrogens is 1. The molecule has 100 valence electrons. The minimum absolute atomic E-state index is 0.495. The highest BCUT2D eigenvalue weighted by molar-refractivity contribution is 5.19. The number of nitrogens with zero attached hydrogens (tertiary/aromatic N) is 1. The third-order valence-corrected chi connectivity index (χ3v) is 3.55. The second kappa shape index (κ2) is 7.70. The van der Waals surface area contributed by atoms with E-state index in [0.29, 0.717) is 5.92 Å². The topological polar surface area (TPSA) is 38.9 Å². The Labute approximate surface area is 115 Å². The van der Waals surface area contributed by atoms with Gasteiger partial charge in [-0.05, 0) is 48.9 Å². The van der Waals surface area contributed by atoms with Crippen LogP contribution in [0.5, 0.6) is 0 Å². The van der Waals surface area contributed by atoms with Crippen molar-refractivity contribution in [2.45, 2.75) is 31.6 Å². The molecule has 0 bridgehead atoms. The maximum absolute atomic E-state index is 5.89. The third-order valence-electron chi connectivity index (χ3n) is 3.55. The first-order chi connectivity index (χ1) is 9.40. The summed E-state index contributed by atoms with van der Waals surface area (Å²) in [6.45, 7) is 0.733. The normalized spacial score (nSPS) is 12.3. The van der Waals surface area contributed by atoms with Crippen LogP contribution in [-0.4, -0.2) is 11.5 Å². The van der Waals surface area contributed by atoms with E-state index >= 15 is 0 Å². The number of unbranched alkanes of at least 4 members (excludes halogenated alkanes) is 1. The third kappa shape index (κ3) is 4.49. The zero-order valence-electron chi connectivity index (χ0n) is 11.3. The molecule has 0 amide bonds. The molecule has 1 aromatic heterocycles. The smallest absolute Gasteiger partial charge is 0.0299 e. The van der Waals surface area contributed by atoms with E-state index in [9.17, 15) is 0 Å². The summed E-state index contributed by atoms with van der Waals surface area (Å²) in [5.74, 6) is 0.495. The van der Waals surface area contributed by atoms with E-state index in [1.54, 1.807) is 0 Å². The molecule has 0 saturated heterocycles. The van der Waals surface area contributed by atoms with Crippen molar-refractivity contribution in [3.8, 4) is 0 Å². The van der Waals surface area contributed by atoms with Gasteiger partial charge in [0.15, 0.2) is 0 Å². The second-order valence-electron chi connectivity index (χ2n) is 4.95. The average molecular weight is 254 g/mol. The Morgan fingerprint density at radius 2 is 1.84 bits per heavy atom. The standard InChI is InChI=1S/C17H22N2/c18-13-17(16-9-2-1-3-10-16)11-5-4-7-15-8-6-12-19-14-15/h1-3,6,8-10,12,14,17H,4-5,7,11,13,18H2. The monoisotopic (exact) mass is 254 g/mol. The van der Waals surface area contributed by atoms with Crippen molar-refractivity contribution in [1.29, 1.82) is 0 Å². The quantitative estimate of drug-likeness (QED) is 0.768. The van der Waals surface area contributed by atoms with Crippen molar-refractivity contribution in [2.75, 3.05) is 6.54 Å². The molecule has 2 aromatic rings. The molecular weight excluding hydrogens is 232 g/mol. The van der Waals surface area contributed by atoms with Gasteiger partial charge in [0, 0.05) is 12.4 Å². The van der Waals surface area contributed by atoms with Crippen molar-refractivity contribution < 1.29 is 0 Å². The summed E-state index contributed by atoms with van der Waals surface area (Å²) in [4.78, 5) is 4.14. The second-order valence-corrected chi connectivity index (χ2v) is 4.95. The van der Waals surface area contributed by atoms with E-state index in [4.69, 9.17) is 5.73 Å². The van der Waals surface area contributed by atoms with Crippen LogP contribution in [-0.2, 0) is 6.42 Å². The van der Waals surface area contributed by atoms with Gasteiger partial charge in [-0.15, -0.1) is 0 Å². The maximum atomic E-state index is 5.89. The number of pyridine rings is 1. The Morgan fingerprint density at radius 3 is 2.53 bits per heavy atom. The molecule has 0 spiro atoms. The highest BCUT2D eigenvalue weighted by Crippen LogP contribution is 2.21. The molecule has 2 rings (SSSR count). The van der Waals surface area contributed by atoms with Crippen LogP contribution in [0.4, 0.5) is 0 Å². The number of hydrogen-bond donors (Lipinski definition) is 1. The van der Waals surface area contributed by atoms with Gasteiger partial charge >= 0.3 is 0 Å². The Morgan fingerprint density at radius 1 is 1.00 bits per heavy atom. The van der Waals surface area contributed by atoms with Crippen molar-refractivity contribution >= 4 is 0 Å². The highest BCUT2D eigenvalue weighted by atomic mass is 14.6. The number of nitrogens with two attached hydrogens (primary N) is 1. The Kier molecular flexibility index (Phi) is 5.57. The van der Waals surface area contributed by atoms with Crippen LogP contribution >= 0.6 is 0 Å². The molecule has 0 saturated carbocycles. The molecule has 2 heteroatoms. The van der Waals surface area contributed by atoms with E-state index < -0.39 is 0 Å². The lowest BCUT2D eigenvalue weighted by atomic mass is 9.93. The molecule has 1 unspecified atom stereocenters. The predicted molar refractivity (Wildman–Crippen MR) is 80.0 cm³/mol. The fraction of sp³-hybridized carbons (Fsp3) is 0.353. The van der Waals surface area contributed by atoms with E-state index in [-0.39, 0.29) is 0 Å². The first-order valence-corrected chi connectivity index (χ1v) is 7.04. The molecule has 0 aliphatic heterocycles. The lowest BCUT2D eigenvalue weighted by molar-refractivity contribution is 0.577. The van der Waals surface area contributed by atoms with Gasteiger partial charge in [0.25, 0.3) is 0 Å². The van der Waals surface area contributed by atoms with Gasteiger partial charge in [-0.1, -0.05) is 42.8 Å². The summed E-state index contributed by atoms with van der Waals surface area (Å²) in [7, 11) is 0. The van der Waals surface area contributed by atoms with Crippen molar-refractivity contribution in [2.24, 2.45) is 5.73 Å². The molecule has 1 aromatic carbocycles. The fourth-order valence-electron chi connectivity index (χ4n) is 2.41. The van der Waals surface area contributed by atoms with Gasteiger partial charge < -0.3 is 5.73 Å². The summed E-state index contributed by atoms with van der Waals surface area (Å²) in [5.41, 5.74) is 8.58. The fourth-order valence-corrected chi connectivity index (χ4v) is 2.41. The minimum atomic E-state index is 0.495. The van der Waals surface area contributed by atoms with Gasteiger partial charge in [0.2, 0.25) is 0 Å². The average Bonchev–Trinajstić information content (AvgIpc) is 2.49. The zero-order chi connectivity index (χ0) is 13.3. The molecule has 0 aliphatic rings. The molecule has 0 radical (unpaired) electrons. The van der Waals surface area contributed by atoms with Gasteiger partial charge in [-0.25, -0.2) is 0 Å². The maximum Gasteiger partial charge on any atom is 0.0299 e. The summed E-state index contributed by atoms with van der Waals surface area (Å²) in [6.07, 6.45) is 8.47. The molecule has 1 heterocycles. The minimum Gasteiger partial charge on any atom is -0.330 e. The van der Waals surface area contributed by atoms with Crippen LogP contribution in [0.25, 0.3) is 0 Å². The van der Waals surface area contributed by atoms with Crippen LogP contribution in [0.2, 0.25) is 0 Å². The number of aryl methyl sites for hydroxylation is 1. The number of hydrogen-bond acceptors (Lipinski definition) is 2. The largest absolute Gasteiger partial charge is 0.330 e. The lowest BCUT2D eigenvalue weighted by Crippen LogP contribution is -2.12. The molecule has 0 fully saturated rings. The van der Waals surface area contributed by atoms with E-state index in [1.807, 2.05) is 18.5 Å². The van der Waals surface area contributed by atoms with E-state index in [1.165, 1.54) is 30.4 Å². The van der Waals surface area contributed by atoms with E-state index in [0.717, 1.165) is 13.0 Å². The Balaban J connectivity index is 1.75. The lowest BCUT2D eigenvalue weighted by Gasteiger charge is -2.14. The first kappa shape index (κ1) is 13.8. The Bertz CT molecular complexity index is 453. The highest BCUT2D eigenvalue weighted by Gasteiger charge is 2.08. The summed E-state index contributed by atoms with van der Waals surface area (Å²) >= 11 is 0. The predicted octanol–water partition coefficient (Wildman–Crippen LogP) is 3.54. The first-order valence-electron chi connectivity index (χ1n) is 7.04. The molecule has 2 nitrogen and oxygen atoms in total. The van der Waals surface area contributed by atoms with Crippen molar-refractivity contribution in [1.82, 2.24) is 4.98 Å². The van der Waals surface area contributed by atoms with Crippen LogP contribution in [0.3, 0.4) is 0 Å².